The first-order valence-electron chi connectivity index (χ1n) is 8.01. The zero-order chi connectivity index (χ0) is 18.0. The molecule has 24 heavy (non-hydrogen) atoms. The fourth-order valence-corrected chi connectivity index (χ4v) is 3.06. The van der Waals surface area contributed by atoms with Crippen LogP contribution >= 0.6 is 0 Å². The van der Waals surface area contributed by atoms with E-state index in [-0.39, 0.29) is 12.2 Å². The van der Waals surface area contributed by atoms with Gasteiger partial charge in [-0.15, -0.1) is 0 Å². The third-order valence-electron chi connectivity index (χ3n) is 4.08. The zero-order valence-corrected chi connectivity index (χ0v) is 14.6. The fourth-order valence-electron chi connectivity index (χ4n) is 3.06. The molecule has 1 saturated heterocycles. The number of esters is 1. The summed E-state index contributed by atoms with van der Waals surface area (Å²) in [6.45, 7) is 5.76. The van der Waals surface area contributed by atoms with Gasteiger partial charge in [0.05, 0.1) is 7.11 Å². The fraction of sp³-hybridized carbons (Fsp3) is 0.556. The number of rotatable bonds is 3. The lowest BCUT2D eigenvalue weighted by Gasteiger charge is -2.37. The maximum absolute atomic E-state index is 13.1. The Morgan fingerprint density at radius 1 is 1.25 bits per heavy atom. The Hall–Kier alpha value is -2.11. The number of benzene rings is 1. The second kappa shape index (κ2) is 6.79. The maximum atomic E-state index is 13.1. The summed E-state index contributed by atoms with van der Waals surface area (Å²) in [5.74, 6) is -0.823. The number of amides is 1. The van der Waals surface area contributed by atoms with E-state index in [1.54, 1.807) is 32.9 Å². The van der Waals surface area contributed by atoms with E-state index in [2.05, 4.69) is 0 Å². The first-order valence-corrected chi connectivity index (χ1v) is 8.01. The quantitative estimate of drug-likeness (QED) is 0.794. The van der Waals surface area contributed by atoms with Crippen molar-refractivity contribution in [1.29, 1.82) is 0 Å². The highest BCUT2D eigenvalue weighted by atomic mass is 19.1. The van der Waals surface area contributed by atoms with E-state index in [1.807, 2.05) is 0 Å². The van der Waals surface area contributed by atoms with E-state index in [4.69, 9.17) is 9.47 Å². The van der Waals surface area contributed by atoms with E-state index in [0.29, 0.717) is 19.4 Å². The predicted octanol–water partition coefficient (Wildman–Crippen LogP) is 3.31. The van der Waals surface area contributed by atoms with Crippen molar-refractivity contribution in [1.82, 2.24) is 4.90 Å². The van der Waals surface area contributed by atoms with Gasteiger partial charge in [-0.25, -0.2) is 14.0 Å². The van der Waals surface area contributed by atoms with Gasteiger partial charge in [-0.3, -0.25) is 4.90 Å². The molecule has 1 atom stereocenters. The van der Waals surface area contributed by atoms with Crippen molar-refractivity contribution < 1.29 is 23.5 Å². The Balaban J connectivity index is 2.33. The topological polar surface area (TPSA) is 55.8 Å². The van der Waals surface area contributed by atoms with Crippen molar-refractivity contribution in [2.45, 2.75) is 51.2 Å². The molecule has 1 fully saturated rings. The molecule has 5 nitrogen and oxygen atoms in total. The van der Waals surface area contributed by atoms with Gasteiger partial charge in [0.2, 0.25) is 0 Å². The van der Waals surface area contributed by atoms with Gasteiger partial charge in [-0.05, 0) is 51.3 Å². The molecule has 1 aliphatic rings. The molecule has 1 unspecified atom stereocenters. The molecule has 0 N–H and O–H groups in total. The highest BCUT2D eigenvalue weighted by Gasteiger charge is 2.51. The highest BCUT2D eigenvalue weighted by Crippen LogP contribution is 2.35. The van der Waals surface area contributed by atoms with Crippen LogP contribution in [0.25, 0.3) is 0 Å². The summed E-state index contributed by atoms with van der Waals surface area (Å²) in [5.41, 5.74) is -1.01. The van der Waals surface area contributed by atoms with Gasteiger partial charge in [0.25, 0.3) is 0 Å². The average Bonchev–Trinajstić information content (AvgIpc) is 2.92. The van der Waals surface area contributed by atoms with Gasteiger partial charge in [-0.2, -0.15) is 0 Å². The summed E-state index contributed by atoms with van der Waals surface area (Å²) in [6, 6.07) is 5.91. The predicted molar refractivity (Wildman–Crippen MR) is 87.0 cm³/mol. The summed E-state index contributed by atoms with van der Waals surface area (Å²) in [7, 11) is 1.31. The number of nitrogens with zero attached hydrogens (tertiary/aromatic N) is 1. The van der Waals surface area contributed by atoms with Crippen LogP contribution in [0.2, 0.25) is 0 Å². The summed E-state index contributed by atoms with van der Waals surface area (Å²) >= 11 is 0. The van der Waals surface area contributed by atoms with Crippen LogP contribution in [0.4, 0.5) is 9.18 Å². The molecule has 0 spiro atoms. The molecule has 1 aliphatic heterocycles. The SMILES string of the molecule is COC(=O)C1(Cc2ccc(F)cc2)CCCN1C(=O)OC(C)(C)C. The zero-order valence-electron chi connectivity index (χ0n) is 14.6. The largest absolute Gasteiger partial charge is 0.467 e. The number of hydrogen-bond acceptors (Lipinski definition) is 4. The molecule has 0 saturated carbocycles. The van der Waals surface area contributed by atoms with Gasteiger partial charge in [0.15, 0.2) is 0 Å². The Labute approximate surface area is 141 Å². The number of carbonyl (C=O) groups excluding carboxylic acids is 2. The third kappa shape index (κ3) is 3.86. The molecular formula is C18H24FNO4. The molecule has 0 aliphatic carbocycles. The molecule has 0 aromatic heterocycles. The van der Waals surface area contributed by atoms with E-state index >= 15 is 0 Å². The lowest BCUT2D eigenvalue weighted by atomic mass is 9.88. The summed E-state index contributed by atoms with van der Waals surface area (Å²) in [6.07, 6.45) is 0.887. The molecule has 0 bridgehead atoms. The highest BCUT2D eigenvalue weighted by molar-refractivity contribution is 5.87. The number of methoxy groups -OCH3 is 1. The van der Waals surface area contributed by atoms with Crippen molar-refractivity contribution in [2.75, 3.05) is 13.7 Å². The second-order valence-electron chi connectivity index (χ2n) is 7.06. The number of carbonyl (C=O) groups is 2. The van der Waals surface area contributed by atoms with Crippen molar-refractivity contribution in [3.63, 3.8) is 0 Å². The molecule has 1 aromatic rings. The minimum atomic E-state index is -1.12. The van der Waals surface area contributed by atoms with Crippen LogP contribution in [0, 0.1) is 5.82 Å². The number of likely N-dealkylation sites (tertiary alicyclic amines) is 1. The van der Waals surface area contributed by atoms with Crippen LogP contribution < -0.4 is 0 Å². The summed E-state index contributed by atoms with van der Waals surface area (Å²) in [5, 5.41) is 0. The molecule has 2 rings (SSSR count). The van der Waals surface area contributed by atoms with Crippen LogP contribution in [-0.4, -0.2) is 41.8 Å². The van der Waals surface area contributed by atoms with E-state index in [1.165, 1.54) is 24.1 Å². The molecule has 132 valence electrons. The Morgan fingerprint density at radius 3 is 2.42 bits per heavy atom. The normalized spacial score (nSPS) is 20.8. The second-order valence-corrected chi connectivity index (χ2v) is 7.06. The Kier molecular flexibility index (Phi) is 5.16. The molecule has 1 amide bonds. The van der Waals surface area contributed by atoms with Crippen LogP contribution in [0.15, 0.2) is 24.3 Å². The van der Waals surface area contributed by atoms with Crippen molar-refractivity contribution in [3.8, 4) is 0 Å². The Morgan fingerprint density at radius 2 is 1.88 bits per heavy atom. The van der Waals surface area contributed by atoms with E-state index < -0.39 is 23.2 Å². The monoisotopic (exact) mass is 337 g/mol. The van der Waals surface area contributed by atoms with Gasteiger partial charge in [0, 0.05) is 13.0 Å². The van der Waals surface area contributed by atoms with Crippen LogP contribution in [0.1, 0.15) is 39.2 Å². The summed E-state index contributed by atoms with van der Waals surface area (Å²) < 4.78 is 23.6. The maximum Gasteiger partial charge on any atom is 0.411 e. The molecule has 1 aromatic carbocycles. The molecule has 1 heterocycles. The van der Waals surface area contributed by atoms with Gasteiger partial charge in [0.1, 0.15) is 17.0 Å². The van der Waals surface area contributed by atoms with Crippen molar-refractivity contribution >= 4 is 12.1 Å². The Bertz CT molecular complexity index is 608. The average molecular weight is 337 g/mol. The first kappa shape index (κ1) is 18.2. The number of ether oxygens (including phenoxy) is 2. The van der Waals surface area contributed by atoms with E-state index in [0.717, 1.165) is 5.56 Å². The van der Waals surface area contributed by atoms with Crippen molar-refractivity contribution in [3.05, 3.63) is 35.6 Å². The minimum Gasteiger partial charge on any atom is -0.467 e. The summed E-state index contributed by atoms with van der Waals surface area (Å²) in [4.78, 5) is 26.6. The number of halogens is 1. The van der Waals surface area contributed by atoms with E-state index in [9.17, 15) is 14.0 Å². The number of hydrogen-bond donors (Lipinski definition) is 0. The van der Waals surface area contributed by atoms with Crippen molar-refractivity contribution in [2.24, 2.45) is 0 Å². The third-order valence-corrected chi connectivity index (χ3v) is 4.08. The van der Waals surface area contributed by atoms with Gasteiger partial charge < -0.3 is 9.47 Å². The molecule has 6 heteroatoms. The van der Waals surface area contributed by atoms with Crippen LogP contribution in [0.5, 0.6) is 0 Å². The smallest absolute Gasteiger partial charge is 0.411 e. The molecular weight excluding hydrogens is 313 g/mol. The lowest BCUT2D eigenvalue weighted by Crippen LogP contribution is -2.56. The van der Waals surface area contributed by atoms with Gasteiger partial charge >= 0.3 is 12.1 Å². The van der Waals surface area contributed by atoms with Gasteiger partial charge in [-0.1, -0.05) is 12.1 Å². The standard InChI is InChI=1S/C18H24FNO4/c1-17(2,3)24-16(22)20-11-5-10-18(20,15(21)23-4)12-13-6-8-14(19)9-7-13/h6-9H,5,10-12H2,1-4H3. The minimum absolute atomic E-state index is 0.263. The van der Waals surface area contributed by atoms with Crippen LogP contribution in [0.3, 0.4) is 0 Å². The first-order chi connectivity index (χ1) is 11.2. The lowest BCUT2D eigenvalue weighted by molar-refractivity contribution is -0.153. The van der Waals surface area contributed by atoms with Crippen LogP contribution in [-0.2, 0) is 20.7 Å². The molecule has 0 radical (unpaired) electrons.